The highest BCUT2D eigenvalue weighted by Crippen LogP contribution is 2.21. The van der Waals surface area contributed by atoms with Gasteiger partial charge in [-0.15, -0.1) is 0 Å². The zero-order chi connectivity index (χ0) is 10.8. The van der Waals surface area contributed by atoms with Crippen LogP contribution in [-0.2, 0) is 6.42 Å². The molecular formula is C11H14BrFN2. The van der Waals surface area contributed by atoms with Gasteiger partial charge in [-0.3, -0.25) is 0 Å². The Labute approximate surface area is 97.2 Å². The normalized spacial score (nSPS) is 25.8. The second kappa shape index (κ2) is 4.60. The van der Waals surface area contributed by atoms with Crippen LogP contribution in [0.5, 0.6) is 0 Å². The van der Waals surface area contributed by atoms with Crippen LogP contribution < -0.4 is 11.1 Å². The Morgan fingerprint density at radius 1 is 1.53 bits per heavy atom. The summed E-state index contributed by atoms with van der Waals surface area (Å²) in [5, 5.41) is 3.29. The topological polar surface area (TPSA) is 38.0 Å². The zero-order valence-corrected chi connectivity index (χ0v) is 9.93. The first-order valence-electron chi connectivity index (χ1n) is 5.10. The van der Waals surface area contributed by atoms with Crippen LogP contribution in [0.2, 0.25) is 0 Å². The highest BCUT2D eigenvalue weighted by Gasteiger charge is 2.24. The molecule has 0 radical (unpaired) electrons. The van der Waals surface area contributed by atoms with Crippen LogP contribution in [0.1, 0.15) is 12.0 Å². The van der Waals surface area contributed by atoms with E-state index in [4.69, 9.17) is 5.73 Å². The summed E-state index contributed by atoms with van der Waals surface area (Å²) >= 11 is 3.18. The van der Waals surface area contributed by atoms with Gasteiger partial charge in [0.15, 0.2) is 0 Å². The Kier molecular flexibility index (Phi) is 3.38. The van der Waals surface area contributed by atoms with Crippen LogP contribution in [0.15, 0.2) is 22.7 Å². The second-order valence-electron chi connectivity index (χ2n) is 3.93. The third-order valence-electron chi connectivity index (χ3n) is 2.87. The molecule has 15 heavy (non-hydrogen) atoms. The lowest BCUT2D eigenvalue weighted by molar-refractivity contribution is 0.518. The predicted molar refractivity (Wildman–Crippen MR) is 62.2 cm³/mol. The van der Waals surface area contributed by atoms with Gasteiger partial charge in [0.25, 0.3) is 0 Å². The quantitative estimate of drug-likeness (QED) is 0.862. The Morgan fingerprint density at radius 2 is 2.33 bits per heavy atom. The van der Waals surface area contributed by atoms with Gasteiger partial charge in [0.1, 0.15) is 5.82 Å². The van der Waals surface area contributed by atoms with Gasteiger partial charge in [-0.1, -0.05) is 12.1 Å². The van der Waals surface area contributed by atoms with Crippen LogP contribution in [0.4, 0.5) is 4.39 Å². The molecule has 1 heterocycles. The fraction of sp³-hybridized carbons (Fsp3) is 0.455. The van der Waals surface area contributed by atoms with Crippen molar-refractivity contribution in [3.8, 4) is 0 Å². The van der Waals surface area contributed by atoms with Crippen molar-refractivity contribution in [3.05, 3.63) is 34.1 Å². The molecule has 82 valence electrons. The van der Waals surface area contributed by atoms with E-state index in [1.54, 1.807) is 6.07 Å². The van der Waals surface area contributed by atoms with Crippen LogP contribution in [0.3, 0.4) is 0 Å². The van der Waals surface area contributed by atoms with Crippen molar-refractivity contribution < 1.29 is 4.39 Å². The summed E-state index contributed by atoms with van der Waals surface area (Å²) in [4.78, 5) is 0. The highest BCUT2D eigenvalue weighted by atomic mass is 79.9. The first kappa shape index (κ1) is 11.0. The van der Waals surface area contributed by atoms with Gasteiger partial charge in [-0.25, -0.2) is 4.39 Å². The average molecular weight is 273 g/mol. The van der Waals surface area contributed by atoms with E-state index in [0.29, 0.717) is 10.9 Å². The van der Waals surface area contributed by atoms with Crippen molar-refractivity contribution in [3.63, 3.8) is 0 Å². The van der Waals surface area contributed by atoms with Crippen molar-refractivity contribution in [2.24, 2.45) is 5.73 Å². The lowest BCUT2D eigenvalue weighted by Gasteiger charge is -2.16. The van der Waals surface area contributed by atoms with E-state index in [0.717, 1.165) is 18.5 Å². The molecule has 0 aliphatic carbocycles. The molecule has 3 N–H and O–H groups in total. The van der Waals surface area contributed by atoms with E-state index in [2.05, 4.69) is 21.2 Å². The Hall–Kier alpha value is -0.450. The number of benzene rings is 1. The second-order valence-corrected chi connectivity index (χ2v) is 4.78. The van der Waals surface area contributed by atoms with Crippen molar-refractivity contribution in [2.75, 3.05) is 6.54 Å². The summed E-state index contributed by atoms with van der Waals surface area (Å²) in [5.41, 5.74) is 6.64. The lowest BCUT2D eigenvalue weighted by Crippen LogP contribution is -2.38. The first-order valence-corrected chi connectivity index (χ1v) is 5.89. The molecule has 1 aromatic carbocycles. The maximum Gasteiger partial charge on any atom is 0.140 e. The maximum atomic E-state index is 13.7. The Balaban J connectivity index is 2.13. The van der Waals surface area contributed by atoms with Gasteiger partial charge in [0.2, 0.25) is 0 Å². The molecular weight excluding hydrogens is 259 g/mol. The molecule has 1 aliphatic rings. The van der Waals surface area contributed by atoms with Crippen molar-refractivity contribution in [1.82, 2.24) is 5.32 Å². The molecule has 0 aromatic heterocycles. The number of nitrogens with one attached hydrogen (secondary N) is 1. The van der Waals surface area contributed by atoms with Crippen LogP contribution in [0.25, 0.3) is 0 Å². The van der Waals surface area contributed by atoms with E-state index in [9.17, 15) is 4.39 Å². The van der Waals surface area contributed by atoms with Crippen LogP contribution >= 0.6 is 15.9 Å². The van der Waals surface area contributed by atoms with Gasteiger partial charge in [0, 0.05) is 12.1 Å². The number of hydrogen-bond acceptors (Lipinski definition) is 2. The number of hydrogen-bond donors (Lipinski definition) is 2. The van der Waals surface area contributed by atoms with E-state index >= 15 is 0 Å². The summed E-state index contributed by atoms with van der Waals surface area (Å²) in [7, 11) is 0. The molecule has 0 saturated carbocycles. The van der Waals surface area contributed by atoms with E-state index in [1.165, 1.54) is 0 Å². The van der Waals surface area contributed by atoms with E-state index in [-0.39, 0.29) is 17.9 Å². The molecule has 1 fully saturated rings. The van der Waals surface area contributed by atoms with Crippen LogP contribution in [0, 0.1) is 5.82 Å². The fourth-order valence-electron chi connectivity index (χ4n) is 1.95. The van der Waals surface area contributed by atoms with Crippen molar-refractivity contribution in [1.29, 1.82) is 0 Å². The molecule has 2 rings (SSSR count). The fourth-order valence-corrected chi connectivity index (χ4v) is 2.36. The molecule has 0 spiro atoms. The number of nitrogens with two attached hydrogens (primary N) is 1. The minimum Gasteiger partial charge on any atom is -0.326 e. The molecule has 2 nitrogen and oxygen atoms in total. The van der Waals surface area contributed by atoms with E-state index in [1.807, 2.05) is 12.1 Å². The SMILES string of the molecule is N[C@H]1CCN[C@H]1Cc1cccc(Br)c1F. The third-order valence-corrected chi connectivity index (χ3v) is 3.48. The van der Waals surface area contributed by atoms with Gasteiger partial charge < -0.3 is 11.1 Å². The minimum absolute atomic E-state index is 0.142. The average Bonchev–Trinajstić information content (AvgIpc) is 2.60. The van der Waals surface area contributed by atoms with Gasteiger partial charge in [-0.05, 0) is 46.9 Å². The van der Waals surface area contributed by atoms with Gasteiger partial charge in [0.05, 0.1) is 4.47 Å². The predicted octanol–water partition coefficient (Wildman–Crippen LogP) is 1.82. The number of halogens is 2. The summed E-state index contributed by atoms with van der Waals surface area (Å²) < 4.78 is 14.2. The summed E-state index contributed by atoms with van der Waals surface area (Å²) in [6, 6.07) is 5.72. The van der Waals surface area contributed by atoms with Gasteiger partial charge >= 0.3 is 0 Å². The molecule has 1 aromatic rings. The zero-order valence-electron chi connectivity index (χ0n) is 8.34. The van der Waals surface area contributed by atoms with E-state index < -0.39 is 0 Å². The van der Waals surface area contributed by atoms with Crippen LogP contribution in [-0.4, -0.2) is 18.6 Å². The standard InChI is InChI=1S/C11H14BrFN2/c12-8-3-1-2-7(11(8)13)6-10-9(14)4-5-15-10/h1-3,9-10,15H,4-6,14H2/t9-,10-/m0/s1. The largest absolute Gasteiger partial charge is 0.326 e. The maximum absolute atomic E-state index is 13.7. The Bertz CT molecular complexity index is 356. The molecule has 4 heteroatoms. The molecule has 2 atom stereocenters. The molecule has 0 unspecified atom stereocenters. The number of rotatable bonds is 2. The molecule has 0 bridgehead atoms. The summed E-state index contributed by atoms with van der Waals surface area (Å²) in [5.74, 6) is -0.168. The summed E-state index contributed by atoms with van der Waals surface area (Å²) in [6.07, 6.45) is 1.63. The minimum atomic E-state index is -0.168. The molecule has 1 saturated heterocycles. The Morgan fingerprint density at radius 3 is 3.00 bits per heavy atom. The van der Waals surface area contributed by atoms with Crippen molar-refractivity contribution >= 4 is 15.9 Å². The highest BCUT2D eigenvalue weighted by molar-refractivity contribution is 9.10. The summed E-state index contributed by atoms with van der Waals surface area (Å²) in [6.45, 7) is 0.932. The lowest BCUT2D eigenvalue weighted by atomic mass is 10.0. The first-order chi connectivity index (χ1) is 7.18. The molecule has 0 amide bonds. The smallest absolute Gasteiger partial charge is 0.140 e. The van der Waals surface area contributed by atoms with Crippen molar-refractivity contribution in [2.45, 2.75) is 24.9 Å². The third kappa shape index (κ3) is 2.38. The monoisotopic (exact) mass is 272 g/mol. The van der Waals surface area contributed by atoms with Gasteiger partial charge in [-0.2, -0.15) is 0 Å². The molecule has 1 aliphatic heterocycles.